The second kappa shape index (κ2) is 11.9. The Morgan fingerprint density at radius 2 is 1.77 bits per heavy atom. The van der Waals surface area contributed by atoms with E-state index in [-0.39, 0.29) is 22.8 Å². The predicted octanol–water partition coefficient (Wildman–Crippen LogP) is 4.60. The number of unbranched alkanes of at least 4 members (excludes halogenated alkanes) is 1. The minimum absolute atomic E-state index is 0.108. The van der Waals surface area contributed by atoms with E-state index in [0.29, 0.717) is 29.3 Å². The molecule has 2 aromatic rings. The van der Waals surface area contributed by atoms with Crippen LogP contribution in [-0.4, -0.2) is 30.6 Å². The fraction of sp³-hybridized carbons (Fsp3) is 0.348. The number of hydrogen-bond acceptors (Lipinski definition) is 5. The lowest BCUT2D eigenvalue weighted by Gasteiger charge is -2.15. The number of anilines is 2. The van der Waals surface area contributed by atoms with Crippen molar-refractivity contribution in [2.75, 3.05) is 24.4 Å². The van der Waals surface area contributed by atoms with Crippen LogP contribution in [-0.2, 0) is 4.79 Å². The zero-order valence-electron chi connectivity index (χ0n) is 18.3. The highest BCUT2D eigenvalue weighted by molar-refractivity contribution is 7.80. The molecule has 0 radical (unpaired) electrons. The van der Waals surface area contributed by atoms with Crippen molar-refractivity contribution < 1.29 is 19.1 Å². The van der Waals surface area contributed by atoms with Gasteiger partial charge in [-0.1, -0.05) is 27.2 Å². The highest BCUT2D eigenvalue weighted by Gasteiger charge is 2.13. The van der Waals surface area contributed by atoms with Gasteiger partial charge in [0.1, 0.15) is 11.5 Å². The molecule has 166 valence electrons. The molecule has 7 nitrogen and oxygen atoms in total. The van der Waals surface area contributed by atoms with Crippen LogP contribution in [0.3, 0.4) is 0 Å². The number of benzene rings is 2. The van der Waals surface area contributed by atoms with E-state index in [2.05, 4.69) is 22.9 Å². The molecule has 3 N–H and O–H groups in total. The summed E-state index contributed by atoms with van der Waals surface area (Å²) in [5.74, 6) is 0.616. The summed E-state index contributed by atoms with van der Waals surface area (Å²) in [5, 5.41) is 8.55. The summed E-state index contributed by atoms with van der Waals surface area (Å²) >= 11 is 5.25. The lowest BCUT2D eigenvalue weighted by Crippen LogP contribution is -2.34. The molecule has 2 aromatic carbocycles. The molecule has 0 aromatic heterocycles. The number of thiocarbonyl (C=S) groups is 1. The zero-order chi connectivity index (χ0) is 22.8. The van der Waals surface area contributed by atoms with Crippen LogP contribution in [0, 0.1) is 5.92 Å². The maximum absolute atomic E-state index is 12.4. The first-order valence-corrected chi connectivity index (χ1v) is 10.6. The molecule has 0 aliphatic heterocycles. The number of methoxy groups -OCH3 is 1. The van der Waals surface area contributed by atoms with E-state index in [1.807, 2.05) is 13.8 Å². The highest BCUT2D eigenvalue weighted by Crippen LogP contribution is 2.28. The van der Waals surface area contributed by atoms with E-state index >= 15 is 0 Å². The quantitative estimate of drug-likeness (QED) is 0.388. The first kappa shape index (κ1) is 24.1. The number of hydrogen-bond donors (Lipinski definition) is 3. The Bertz CT molecular complexity index is 914. The van der Waals surface area contributed by atoms with Crippen LogP contribution in [0.5, 0.6) is 11.5 Å². The molecule has 0 bridgehead atoms. The first-order valence-electron chi connectivity index (χ1n) is 10.2. The standard InChI is InChI=1S/C23H29N3O4S/c1-5-6-13-30-18-10-7-16(8-11-18)22(28)26-23(31)24-17-9-12-19(20(14-17)29-4)25-21(27)15(2)3/h7-12,14-15H,5-6,13H2,1-4H3,(H,25,27)(H2,24,26,28,31). The SMILES string of the molecule is CCCCOc1ccc(C(=O)NC(=S)Nc2ccc(NC(=O)C(C)C)c(OC)c2)cc1. The summed E-state index contributed by atoms with van der Waals surface area (Å²) in [7, 11) is 1.51. The lowest BCUT2D eigenvalue weighted by atomic mass is 10.2. The van der Waals surface area contributed by atoms with Gasteiger partial charge in [-0.3, -0.25) is 14.9 Å². The van der Waals surface area contributed by atoms with Crippen molar-refractivity contribution in [3.8, 4) is 11.5 Å². The Morgan fingerprint density at radius 1 is 1.06 bits per heavy atom. The molecule has 8 heteroatoms. The summed E-state index contributed by atoms with van der Waals surface area (Å²) < 4.78 is 10.9. The lowest BCUT2D eigenvalue weighted by molar-refractivity contribution is -0.118. The number of rotatable bonds is 9. The molecule has 0 heterocycles. The van der Waals surface area contributed by atoms with Gasteiger partial charge in [-0.05, 0) is 55.0 Å². The van der Waals surface area contributed by atoms with Gasteiger partial charge in [0.2, 0.25) is 5.91 Å². The van der Waals surface area contributed by atoms with Gasteiger partial charge in [-0.2, -0.15) is 0 Å². The van der Waals surface area contributed by atoms with Gasteiger partial charge in [0.05, 0.1) is 19.4 Å². The van der Waals surface area contributed by atoms with Crippen LogP contribution in [0.4, 0.5) is 11.4 Å². The van der Waals surface area contributed by atoms with Crippen molar-refractivity contribution in [1.82, 2.24) is 5.32 Å². The smallest absolute Gasteiger partial charge is 0.257 e. The molecule has 0 saturated carbocycles. The third kappa shape index (κ3) is 7.57. The van der Waals surface area contributed by atoms with Crippen LogP contribution in [0.25, 0.3) is 0 Å². The summed E-state index contributed by atoms with van der Waals surface area (Å²) in [4.78, 5) is 24.4. The molecular weight excluding hydrogens is 414 g/mol. The van der Waals surface area contributed by atoms with E-state index in [0.717, 1.165) is 18.6 Å². The second-order valence-corrected chi connectivity index (χ2v) is 7.60. The largest absolute Gasteiger partial charge is 0.494 e. The minimum atomic E-state index is -0.328. The maximum Gasteiger partial charge on any atom is 0.257 e. The van der Waals surface area contributed by atoms with E-state index in [1.165, 1.54) is 7.11 Å². The number of carbonyl (C=O) groups is 2. The fourth-order valence-electron chi connectivity index (χ4n) is 2.52. The minimum Gasteiger partial charge on any atom is -0.494 e. The van der Waals surface area contributed by atoms with Crippen molar-refractivity contribution in [2.45, 2.75) is 33.6 Å². The molecule has 0 unspecified atom stereocenters. The van der Waals surface area contributed by atoms with Crippen molar-refractivity contribution in [2.24, 2.45) is 5.92 Å². The zero-order valence-corrected chi connectivity index (χ0v) is 19.1. The predicted molar refractivity (Wildman–Crippen MR) is 127 cm³/mol. The third-order valence-electron chi connectivity index (χ3n) is 4.35. The van der Waals surface area contributed by atoms with E-state index in [1.54, 1.807) is 42.5 Å². The van der Waals surface area contributed by atoms with Gasteiger partial charge in [0.15, 0.2) is 5.11 Å². The number of amides is 2. The van der Waals surface area contributed by atoms with Gasteiger partial charge in [-0.25, -0.2) is 0 Å². The molecule has 31 heavy (non-hydrogen) atoms. The number of nitrogens with one attached hydrogen (secondary N) is 3. The fourth-order valence-corrected chi connectivity index (χ4v) is 2.73. The van der Waals surface area contributed by atoms with Crippen LogP contribution in [0.2, 0.25) is 0 Å². The average Bonchev–Trinajstić information content (AvgIpc) is 2.75. The van der Waals surface area contributed by atoms with Crippen molar-refractivity contribution in [3.63, 3.8) is 0 Å². The molecule has 0 atom stereocenters. The molecule has 0 aliphatic carbocycles. The maximum atomic E-state index is 12.4. The number of ether oxygens (including phenoxy) is 2. The highest BCUT2D eigenvalue weighted by atomic mass is 32.1. The van der Waals surface area contributed by atoms with Crippen LogP contribution >= 0.6 is 12.2 Å². The molecular formula is C23H29N3O4S. The van der Waals surface area contributed by atoms with E-state index in [9.17, 15) is 9.59 Å². The van der Waals surface area contributed by atoms with Crippen molar-refractivity contribution >= 4 is 40.5 Å². The van der Waals surface area contributed by atoms with Crippen LogP contribution in [0.15, 0.2) is 42.5 Å². The van der Waals surface area contributed by atoms with Crippen molar-refractivity contribution in [3.05, 3.63) is 48.0 Å². The summed E-state index contributed by atoms with van der Waals surface area (Å²) in [6.07, 6.45) is 2.05. The van der Waals surface area contributed by atoms with Gasteiger partial charge in [0, 0.05) is 23.2 Å². The Balaban J connectivity index is 1.95. The molecule has 0 saturated heterocycles. The van der Waals surface area contributed by atoms with Gasteiger partial charge < -0.3 is 20.1 Å². The van der Waals surface area contributed by atoms with Gasteiger partial charge in [-0.15, -0.1) is 0 Å². The summed E-state index contributed by atoms with van der Waals surface area (Å²) in [6, 6.07) is 12.0. The average molecular weight is 444 g/mol. The first-order chi connectivity index (χ1) is 14.8. The monoisotopic (exact) mass is 443 g/mol. The van der Waals surface area contributed by atoms with Crippen molar-refractivity contribution in [1.29, 1.82) is 0 Å². The number of carbonyl (C=O) groups excluding carboxylic acids is 2. The molecule has 0 fully saturated rings. The molecule has 0 spiro atoms. The Labute approximate surface area is 188 Å². The second-order valence-electron chi connectivity index (χ2n) is 7.19. The molecule has 2 amide bonds. The normalized spacial score (nSPS) is 10.4. The summed E-state index contributed by atoms with van der Waals surface area (Å²) in [6.45, 7) is 6.38. The van der Waals surface area contributed by atoms with Crippen LogP contribution < -0.4 is 25.4 Å². The third-order valence-corrected chi connectivity index (χ3v) is 4.56. The van der Waals surface area contributed by atoms with E-state index < -0.39 is 0 Å². The Kier molecular flexibility index (Phi) is 9.27. The van der Waals surface area contributed by atoms with Crippen LogP contribution in [0.1, 0.15) is 44.0 Å². The van der Waals surface area contributed by atoms with E-state index in [4.69, 9.17) is 21.7 Å². The van der Waals surface area contributed by atoms with Gasteiger partial charge in [0.25, 0.3) is 5.91 Å². The van der Waals surface area contributed by atoms with Gasteiger partial charge >= 0.3 is 0 Å². The Hall–Kier alpha value is -3.13. The Morgan fingerprint density at radius 3 is 2.39 bits per heavy atom. The topological polar surface area (TPSA) is 88.7 Å². The summed E-state index contributed by atoms with van der Waals surface area (Å²) in [5.41, 5.74) is 1.64. The molecule has 2 rings (SSSR count). The molecule has 0 aliphatic rings.